The Bertz CT molecular complexity index is 879. The summed E-state index contributed by atoms with van der Waals surface area (Å²) in [4.78, 5) is 27.8. The van der Waals surface area contributed by atoms with Gasteiger partial charge in [-0.2, -0.15) is 0 Å². The first-order valence-corrected chi connectivity index (χ1v) is 9.86. The van der Waals surface area contributed by atoms with Crippen molar-refractivity contribution >= 4 is 39.2 Å². The standard InChI is InChI=1S/C18H20N4OS2/c1-4-14-9-15-17(21-12(3)22-18(15)25-14)24-11(2)16(23)20-10-13-5-7-19-8-6-13/h5-9,11H,4,10H2,1-3H3,(H,20,23). The van der Waals surface area contributed by atoms with Gasteiger partial charge in [0.05, 0.1) is 5.25 Å². The zero-order valence-corrected chi connectivity index (χ0v) is 16.1. The van der Waals surface area contributed by atoms with Crippen molar-refractivity contribution < 1.29 is 4.79 Å². The SMILES string of the molecule is CCc1cc2c(SC(C)C(=O)NCc3ccncc3)nc(C)nc2s1. The van der Waals surface area contributed by atoms with Crippen molar-refractivity contribution in [1.82, 2.24) is 20.3 Å². The number of rotatable bonds is 6. The summed E-state index contributed by atoms with van der Waals surface area (Å²) in [7, 11) is 0. The number of nitrogens with one attached hydrogen (secondary N) is 1. The summed E-state index contributed by atoms with van der Waals surface area (Å²) >= 11 is 3.18. The summed E-state index contributed by atoms with van der Waals surface area (Å²) < 4.78 is 0. The summed E-state index contributed by atoms with van der Waals surface area (Å²) in [6.07, 6.45) is 4.43. The molecule has 1 N–H and O–H groups in total. The van der Waals surface area contributed by atoms with Gasteiger partial charge in [0.15, 0.2) is 0 Å². The van der Waals surface area contributed by atoms with E-state index in [0.717, 1.165) is 33.1 Å². The first-order valence-electron chi connectivity index (χ1n) is 8.17. The zero-order chi connectivity index (χ0) is 17.8. The second-order valence-corrected chi connectivity index (χ2v) is 8.14. The minimum atomic E-state index is -0.232. The van der Waals surface area contributed by atoms with Crippen LogP contribution in [0.3, 0.4) is 0 Å². The Morgan fingerprint density at radius 2 is 2.08 bits per heavy atom. The zero-order valence-electron chi connectivity index (χ0n) is 14.4. The lowest BCUT2D eigenvalue weighted by Crippen LogP contribution is -2.30. The van der Waals surface area contributed by atoms with Gasteiger partial charge in [0, 0.05) is 29.2 Å². The maximum Gasteiger partial charge on any atom is 0.233 e. The number of aromatic nitrogens is 3. The van der Waals surface area contributed by atoms with Crippen LogP contribution < -0.4 is 5.32 Å². The van der Waals surface area contributed by atoms with Gasteiger partial charge in [0.2, 0.25) is 5.91 Å². The second-order valence-electron chi connectivity index (χ2n) is 5.69. The van der Waals surface area contributed by atoms with Crippen LogP contribution in [0, 0.1) is 6.92 Å². The molecule has 1 unspecified atom stereocenters. The topological polar surface area (TPSA) is 67.8 Å². The molecule has 1 amide bonds. The van der Waals surface area contributed by atoms with Gasteiger partial charge < -0.3 is 5.32 Å². The molecule has 3 heterocycles. The molecule has 1 atom stereocenters. The first-order chi connectivity index (χ1) is 12.1. The number of amides is 1. The fourth-order valence-electron chi connectivity index (χ4n) is 2.37. The Balaban J connectivity index is 1.71. The van der Waals surface area contributed by atoms with Crippen LogP contribution in [0.5, 0.6) is 0 Å². The highest BCUT2D eigenvalue weighted by molar-refractivity contribution is 8.00. The van der Waals surface area contributed by atoms with E-state index in [2.05, 4.69) is 33.3 Å². The van der Waals surface area contributed by atoms with Crippen molar-refractivity contribution in [3.8, 4) is 0 Å². The number of hydrogen-bond acceptors (Lipinski definition) is 6. The number of thioether (sulfide) groups is 1. The maximum absolute atomic E-state index is 12.4. The highest BCUT2D eigenvalue weighted by atomic mass is 32.2. The third kappa shape index (κ3) is 4.35. The van der Waals surface area contributed by atoms with Gasteiger partial charge >= 0.3 is 0 Å². The molecule has 0 aliphatic carbocycles. The predicted octanol–water partition coefficient (Wildman–Crippen LogP) is 3.75. The average Bonchev–Trinajstić information content (AvgIpc) is 3.03. The number of aryl methyl sites for hydroxylation is 2. The summed E-state index contributed by atoms with van der Waals surface area (Å²) in [5.41, 5.74) is 1.03. The van der Waals surface area contributed by atoms with Crippen LogP contribution in [0.15, 0.2) is 35.6 Å². The number of nitrogens with zero attached hydrogens (tertiary/aromatic N) is 3. The number of carbonyl (C=O) groups excluding carboxylic acids is 1. The van der Waals surface area contributed by atoms with Crippen LogP contribution in [-0.4, -0.2) is 26.1 Å². The Morgan fingerprint density at radius 3 is 2.80 bits per heavy atom. The molecule has 5 nitrogen and oxygen atoms in total. The van der Waals surface area contributed by atoms with E-state index in [9.17, 15) is 4.79 Å². The van der Waals surface area contributed by atoms with Crippen molar-refractivity contribution in [3.05, 3.63) is 46.9 Å². The van der Waals surface area contributed by atoms with Gasteiger partial charge in [-0.3, -0.25) is 9.78 Å². The Hall–Kier alpha value is -1.99. The van der Waals surface area contributed by atoms with Crippen molar-refractivity contribution in [2.24, 2.45) is 0 Å². The van der Waals surface area contributed by atoms with E-state index >= 15 is 0 Å². The molecule has 3 aromatic rings. The number of carbonyl (C=O) groups is 1. The molecule has 130 valence electrons. The Kier molecular flexibility index (Phi) is 5.65. The minimum absolute atomic E-state index is 0.00262. The molecule has 0 aliphatic rings. The van der Waals surface area contributed by atoms with Gasteiger partial charge in [-0.25, -0.2) is 9.97 Å². The van der Waals surface area contributed by atoms with Crippen molar-refractivity contribution in [1.29, 1.82) is 0 Å². The van der Waals surface area contributed by atoms with Crippen molar-refractivity contribution in [2.45, 2.75) is 44.0 Å². The van der Waals surface area contributed by atoms with Crippen LogP contribution in [0.4, 0.5) is 0 Å². The molecule has 0 spiro atoms. The molecule has 3 rings (SSSR count). The Labute approximate surface area is 155 Å². The molecular weight excluding hydrogens is 352 g/mol. The van der Waals surface area contributed by atoms with E-state index in [1.165, 1.54) is 16.6 Å². The third-order valence-corrected chi connectivity index (χ3v) is 6.02. The van der Waals surface area contributed by atoms with E-state index in [1.54, 1.807) is 23.7 Å². The van der Waals surface area contributed by atoms with E-state index < -0.39 is 0 Å². The first kappa shape index (κ1) is 17.8. The van der Waals surface area contributed by atoms with Crippen LogP contribution in [0.25, 0.3) is 10.2 Å². The fourth-order valence-corrected chi connectivity index (χ4v) is 4.44. The fraction of sp³-hybridized carbons (Fsp3) is 0.333. The maximum atomic E-state index is 12.4. The highest BCUT2D eigenvalue weighted by Crippen LogP contribution is 2.33. The molecule has 0 saturated heterocycles. The molecule has 7 heteroatoms. The number of thiophene rings is 1. The normalized spacial score (nSPS) is 12.3. The molecule has 0 saturated carbocycles. The quantitative estimate of drug-likeness (QED) is 0.527. The van der Waals surface area contributed by atoms with E-state index in [1.807, 2.05) is 26.0 Å². The van der Waals surface area contributed by atoms with E-state index in [-0.39, 0.29) is 11.2 Å². The number of pyridine rings is 1. The third-order valence-electron chi connectivity index (χ3n) is 3.74. The van der Waals surface area contributed by atoms with Gasteiger partial charge in [0.1, 0.15) is 15.7 Å². The summed E-state index contributed by atoms with van der Waals surface area (Å²) in [5, 5.41) is 4.66. The van der Waals surface area contributed by atoms with Crippen molar-refractivity contribution in [2.75, 3.05) is 0 Å². The van der Waals surface area contributed by atoms with Gasteiger partial charge in [-0.1, -0.05) is 18.7 Å². The highest BCUT2D eigenvalue weighted by Gasteiger charge is 2.18. The molecule has 0 radical (unpaired) electrons. The number of fused-ring (bicyclic) bond motifs is 1. The van der Waals surface area contributed by atoms with Gasteiger partial charge in [-0.05, 0) is 44.0 Å². The average molecular weight is 373 g/mol. The predicted molar refractivity (Wildman–Crippen MR) is 103 cm³/mol. The summed E-state index contributed by atoms with van der Waals surface area (Å²) in [6.45, 7) is 6.43. The molecular formula is C18H20N4OS2. The van der Waals surface area contributed by atoms with Gasteiger partial charge in [-0.15, -0.1) is 11.3 Å². The smallest absolute Gasteiger partial charge is 0.233 e. The lowest BCUT2D eigenvalue weighted by atomic mass is 10.2. The summed E-state index contributed by atoms with van der Waals surface area (Å²) in [6, 6.07) is 5.93. The van der Waals surface area contributed by atoms with E-state index in [4.69, 9.17) is 0 Å². The largest absolute Gasteiger partial charge is 0.351 e. The Morgan fingerprint density at radius 1 is 1.32 bits per heavy atom. The van der Waals surface area contributed by atoms with Crippen molar-refractivity contribution in [3.63, 3.8) is 0 Å². The summed E-state index contributed by atoms with van der Waals surface area (Å²) in [5.74, 6) is 0.737. The van der Waals surface area contributed by atoms with Gasteiger partial charge in [0.25, 0.3) is 0 Å². The van der Waals surface area contributed by atoms with Crippen LogP contribution >= 0.6 is 23.1 Å². The lowest BCUT2D eigenvalue weighted by molar-refractivity contribution is -0.120. The van der Waals surface area contributed by atoms with Crippen LogP contribution in [-0.2, 0) is 17.8 Å². The minimum Gasteiger partial charge on any atom is -0.351 e. The van der Waals surface area contributed by atoms with E-state index in [0.29, 0.717) is 6.54 Å². The molecule has 25 heavy (non-hydrogen) atoms. The second kappa shape index (κ2) is 7.93. The number of hydrogen-bond donors (Lipinski definition) is 1. The molecule has 0 aliphatic heterocycles. The lowest BCUT2D eigenvalue weighted by Gasteiger charge is -2.12. The molecule has 0 fully saturated rings. The van der Waals surface area contributed by atoms with Crippen LogP contribution in [0.2, 0.25) is 0 Å². The molecule has 3 aromatic heterocycles. The molecule has 0 aromatic carbocycles. The molecule has 0 bridgehead atoms. The monoisotopic (exact) mass is 372 g/mol. The van der Waals surface area contributed by atoms with Crippen LogP contribution in [0.1, 0.15) is 30.1 Å².